The normalized spacial score (nSPS) is 10.9. The highest BCUT2D eigenvalue weighted by Gasteiger charge is 2.22. The van der Waals surface area contributed by atoms with Crippen LogP contribution in [-0.4, -0.2) is 27.7 Å². The number of carbonyl (C=O) groups is 1. The summed E-state index contributed by atoms with van der Waals surface area (Å²) < 4.78 is 11.5. The summed E-state index contributed by atoms with van der Waals surface area (Å²) in [5, 5.41) is 8.56. The molecule has 0 atom stereocenters. The smallest absolute Gasteiger partial charge is 0.376 e. The number of nitrogens with one attached hydrogen (secondary N) is 1. The highest BCUT2D eigenvalue weighted by Crippen LogP contribution is 2.34. The number of fused-ring (bicyclic) bond motifs is 1. The fraction of sp³-hybridized carbons (Fsp3) is 0.143. The van der Waals surface area contributed by atoms with Crippen LogP contribution >= 0.6 is 27.5 Å². The van der Waals surface area contributed by atoms with Crippen molar-refractivity contribution in [1.29, 1.82) is 0 Å². The lowest BCUT2D eigenvalue weighted by Gasteiger charge is -2.10. The SMILES string of the molecule is CCOC(=O)c1nc(Nc2ccc(Br)c(C)c2)c2c(-c3ccc(Cl)cc3)noc2n1. The van der Waals surface area contributed by atoms with Crippen molar-refractivity contribution >= 4 is 56.1 Å². The lowest BCUT2D eigenvalue weighted by atomic mass is 10.1. The third-order valence-corrected chi connectivity index (χ3v) is 5.47. The summed E-state index contributed by atoms with van der Waals surface area (Å²) in [6.07, 6.45) is 0. The number of aromatic nitrogens is 3. The predicted molar refractivity (Wildman–Crippen MR) is 118 cm³/mol. The molecule has 0 bridgehead atoms. The van der Waals surface area contributed by atoms with E-state index in [1.165, 1.54) is 0 Å². The fourth-order valence-corrected chi connectivity index (χ4v) is 3.27. The Bertz CT molecular complexity index is 1240. The summed E-state index contributed by atoms with van der Waals surface area (Å²) in [4.78, 5) is 20.9. The summed E-state index contributed by atoms with van der Waals surface area (Å²) >= 11 is 9.50. The third-order valence-electron chi connectivity index (χ3n) is 4.33. The quantitative estimate of drug-likeness (QED) is 0.349. The van der Waals surface area contributed by atoms with Gasteiger partial charge in [0, 0.05) is 20.7 Å². The molecule has 4 aromatic rings. The number of anilines is 2. The van der Waals surface area contributed by atoms with Crippen LogP contribution in [0.3, 0.4) is 0 Å². The Hall–Kier alpha value is -2.97. The Balaban J connectivity index is 1.88. The van der Waals surface area contributed by atoms with Gasteiger partial charge in [0.05, 0.1) is 6.61 Å². The Kier molecular flexibility index (Phi) is 5.69. The van der Waals surface area contributed by atoms with E-state index >= 15 is 0 Å². The van der Waals surface area contributed by atoms with Gasteiger partial charge >= 0.3 is 5.97 Å². The van der Waals surface area contributed by atoms with Gasteiger partial charge in [0.1, 0.15) is 16.9 Å². The zero-order valence-corrected chi connectivity index (χ0v) is 18.4. The Morgan fingerprint density at radius 3 is 2.67 bits per heavy atom. The third kappa shape index (κ3) is 4.01. The second-order valence-corrected chi connectivity index (χ2v) is 7.71. The first kappa shape index (κ1) is 20.3. The molecule has 9 heteroatoms. The molecule has 0 fully saturated rings. The van der Waals surface area contributed by atoms with E-state index < -0.39 is 5.97 Å². The van der Waals surface area contributed by atoms with Crippen LogP contribution in [0.5, 0.6) is 0 Å². The number of nitrogens with zero attached hydrogens (tertiary/aromatic N) is 3. The van der Waals surface area contributed by atoms with Crippen LogP contribution in [-0.2, 0) is 4.74 Å². The molecule has 0 saturated heterocycles. The second-order valence-electron chi connectivity index (χ2n) is 6.42. The number of ether oxygens (including phenoxy) is 1. The van der Waals surface area contributed by atoms with Gasteiger partial charge < -0.3 is 14.6 Å². The number of rotatable bonds is 5. The molecule has 1 N–H and O–H groups in total. The summed E-state index contributed by atoms with van der Waals surface area (Å²) in [7, 11) is 0. The molecule has 2 aromatic carbocycles. The van der Waals surface area contributed by atoms with Gasteiger partial charge in [-0.05, 0) is 49.7 Å². The first-order valence-electron chi connectivity index (χ1n) is 9.10. The van der Waals surface area contributed by atoms with Gasteiger partial charge in [-0.1, -0.05) is 44.8 Å². The fourth-order valence-electron chi connectivity index (χ4n) is 2.90. The monoisotopic (exact) mass is 486 g/mol. The molecule has 0 saturated carbocycles. The van der Waals surface area contributed by atoms with E-state index in [4.69, 9.17) is 20.9 Å². The first-order valence-corrected chi connectivity index (χ1v) is 10.3. The van der Waals surface area contributed by atoms with Crippen molar-refractivity contribution in [2.75, 3.05) is 11.9 Å². The van der Waals surface area contributed by atoms with Gasteiger partial charge in [-0.3, -0.25) is 0 Å². The molecular weight excluding hydrogens is 472 g/mol. The molecule has 0 radical (unpaired) electrons. The van der Waals surface area contributed by atoms with E-state index in [-0.39, 0.29) is 18.1 Å². The molecule has 30 heavy (non-hydrogen) atoms. The van der Waals surface area contributed by atoms with Crippen LogP contribution in [0.2, 0.25) is 5.02 Å². The summed E-state index contributed by atoms with van der Waals surface area (Å²) in [6.45, 7) is 3.90. The van der Waals surface area contributed by atoms with Crippen LogP contribution in [0.4, 0.5) is 11.5 Å². The van der Waals surface area contributed by atoms with Gasteiger partial charge in [-0.25, -0.2) is 9.78 Å². The van der Waals surface area contributed by atoms with Gasteiger partial charge in [-0.15, -0.1) is 0 Å². The number of halogens is 2. The average molecular weight is 488 g/mol. The van der Waals surface area contributed by atoms with Crippen molar-refractivity contribution in [2.45, 2.75) is 13.8 Å². The van der Waals surface area contributed by atoms with Crippen molar-refractivity contribution in [3.63, 3.8) is 0 Å². The molecule has 0 spiro atoms. The Morgan fingerprint density at radius 2 is 1.97 bits per heavy atom. The first-order chi connectivity index (χ1) is 14.5. The second kappa shape index (κ2) is 8.41. The molecule has 0 aliphatic heterocycles. The van der Waals surface area contributed by atoms with Gasteiger partial charge in [-0.2, -0.15) is 4.98 Å². The lowest BCUT2D eigenvalue weighted by Crippen LogP contribution is -2.11. The summed E-state index contributed by atoms with van der Waals surface area (Å²) in [5.41, 5.74) is 3.32. The number of aryl methyl sites for hydroxylation is 1. The maximum Gasteiger partial charge on any atom is 0.376 e. The number of esters is 1. The van der Waals surface area contributed by atoms with E-state index in [1.807, 2.05) is 37.3 Å². The van der Waals surface area contributed by atoms with Crippen LogP contribution in [0, 0.1) is 6.92 Å². The van der Waals surface area contributed by atoms with Crippen molar-refractivity contribution in [2.24, 2.45) is 0 Å². The number of benzene rings is 2. The molecule has 152 valence electrons. The lowest BCUT2D eigenvalue weighted by molar-refractivity contribution is 0.0512. The molecule has 4 rings (SSSR count). The molecule has 0 aliphatic rings. The van der Waals surface area contributed by atoms with Crippen LogP contribution < -0.4 is 5.32 Å². The molecule has 0 unspecified atom stereocenters. The maximum atomic E-state index is 12.2. The average Bonchev–Trinajstić information content (AvgIpc) is 3.16. The van der Waals surface area contributed by atoms with Crippen molar-refractivity contribution < 1.29 is 14.1 Å². The molecule has 7 nitrogen and oxygen atoms in total. The minimum Gasteiger partial charge on any atom is -0.460 e. The van der Waals surface area contributed by atoms with E-state index in [0.717, 1.165) is 21.3 Å². The number of hydrogen-bond donors (Lipinski definition) is 1. The zero-order chi connectivity index (χ0) is 21.3. The zero-order valence-electron chi connectivity index (χ0n) is 16.1. The van der Waals surface area contributed by atoms with Crippen LogP contribution in [0.25, 0.3) is 22.4 Å². The van der Waals surface area contributed by atoms with Crippen molar-refractivity contribution in [3.8, 4) is 11.3 Å². The highest BCUT2D eigenvalue weighted by atomic mass is 79.9. The minimum absolute atomic E-state index is 0.112. The molecule has 0 aliphatic carbocycles. The van der Waals surface area contributed by atoms with Crippen LogP contribution in [0.15, 0.2) is 51.5 Å². The van der Waals surface area contributed by atoms with E-state index in [0.29, 0.717) is 21.9 Å². The number of carbonyl (C=O) groups excluding carboxylic acids is 1. The summed E-state index contributed by atoms with van der Waals surface area (Å²) in [6, 6.07) is 12.9. The largest absolute Gasteiger partial charge is 0.460 e. The Labute approximate surface area is 185 Å². The Morgan fingerprint density at radius 1 is 1.20 bits per heavy atom. The van der Waals surface area contributed by atoms with Gasteiger partial charge in [0.2, 0.25) is 5.82 Å². The molecule has 2 heterocycles. The predicted octanol–water partition coefficient (Wildman–Crippen LogP) is 5.93. The molecular formula is C21H16BrClN4O3. The highest BCUT2D eigenvalue weighted by molar-refractivity contribution is 9.10. The van der Waals surface area contributed by atoms with Crippen molar-refractivity contribution in [1.82, 2.24) is 15.1 Å². The van der Waals surface area contributed by atoms with Gasteiger partial charge in [0.25, 0.3) is 5.71 Å². The molecule has 2 aromatic heterocycles. The van der Waals surface area contributed by atoms with Gasteiger partial charge in [0.15, 0.2) is 0 Å². The van der Waals surface area contributed by atoms with Crippen LogP contribution in [0.1, 0.15) is 23.1 Å². The number of hydrogen-bond acceptors (Lipinski definition) is 7. The minimum atomic E-state index is -0.640. The van der Waals surface area contributed by atoms with E-state index in [9.17, 15) is 4.79 Å². The van der Waals surface area contributed by atoms with E-state index in [2.05, 4.69) is 36.4 Å². The topological polar surface area (TPSA) is 90.1 Å². The summed E-state index contributed by atoms with van der Waals surface area (Å²) in [5.74, 6) is -0.366. The molecule has 0 amide bonds. The van der Waals surface area contributed by atoms with Crippen molar-refractivity contribution in [3.05, 3.63) is 63.3 Å². The standard InChI is InChI=1S/C21H16BrClN4O3/c1-3-29-21(28)19-25-18(24-14-8-9-15(22)11(2)10-14)16-17(27-30-20(16)26-19)12-4-6-13(23)7-5-12/h4-10H,3H2,1-2H3,(H,24,25,26). The maximum absolute atomic E-state index is 12.2. The van der Waals surface area contributed by atoms with E-state index in [1.54, 1.807) is 19.1 Å².